The van der Waals surface area contributed by atoms with Gasteiger partial charge in [-0.2, -0.15) is 20.3 Å². The van der Waals surface area contributed by atoms with Gasteiger partial charge in [-0.25, -0.2) is 0 Å². The third kappa shape index (κ3) is 2.40. The SMILES string of the molecule is OCC(Nc1nc(Cl)nc2n[nH]nc12)c1ccccc1. The number of H-pyrrole nitrogens is 1. The molecule has 3 rings (SSSR count). The number of halogens is 1. The third-order valence-corrected chi connectivity index (χ3v) is 3.02. The molecule has 8 heteroatoms. The van der Waals surface area contributed by atoms with Crippen LogP contribution in [0.2, 0.25) is 5.28 Å². The summed E-state index contributed by atoms with van der Waals surface area (Å²) in [7, 11) is 0. The number of hydrogen-bond donors (Lipinski definition) is 3. The highest BCUT2D eigenvalue weighted by molar-refractivity contribution is 6.28. The lowest BCUT2D eigenvalue weighted by atomic mass is 10.1. The van der Waals surface area contributed by atoms with E-state index in [1.54, 1.807) is 0 Å². The van der Waals surface area contributed by atoms with Crippen molar-refractivity contribution >= 4 is 28.6 Å². The number of aliphatic hydroxyl groups excluding tert-OH is 1. The summed E-state index contributed by atoms with van der Waals surface area (Å²) in [5.41, 5.74) is 1.78. The zero-order valence-corrected chi connectivity index (χ0v) is 11.0. The fraction of sp³-hybridized carbons (Fsp3) is 0.167. The van der Waals surface area contributed by atoms with Crippen molar-refractivity contribution in [2.24, 2.45) is 0 Å². The van der Waals surface area contributed by atoms with Gasteiger partial charge in [0.25, 0.3) is 0 Å². The summed E-state index contributed by atoms with van der Waals surface area (Å²) in [6, 6.07) is 9.22. The lowest BCUT2D eigenvalue weighted by molar-refractivity contribution is 0.276. The predicted molar refractivity (Wildman–Crippen MR) is 74.4 cm³/mol. The summed E-state index contributed by atoms with van der Waals surface area (Å²) in [5, 5.41) is 23.0. The molecule has 1 unspecified atom stereocenters. The number of anilines is 1. The zero-order chi connectivity index (χ0) is 13.9. The maximum atomic E-state index is 9.55. The molecule has 0 aliphatic heterocycles. The number of hydrogen-bond acceptors (Lipinski definition) is 6. The molecule has 1 aromatic carbocycles. The van der Waals surface area contributed by atoms with Crippen LogP contribution < -0.4 is 5.32 Å². The van der Waals surface area contributed by atoms with Crippen molar-refractivity contribution in [1.82, 2.24) is 25.4 Å². The van der Waals surface area contributed by atoms with Gasteiger partial charge >= 0.3 is 0 Å². The maximum Gasteiger partial charge on any atom is 0.226 e. The fourth-order valence-electron chi connectivity index (χ4n) is 1.91. The van der Waals surface area contributed by atoms with E-state index in [-0.39, 0.29) is 17.9 Å². The van der Waals surface area contributed by atoms with Gasteiger partial charge in [0.05, 0.1) is 12.6 Å². The first kappa shape index (κ1) is 12.8. The molecule has 0 saturated carbocycles. The monoisotopic (exact) mass is 290 g/mol. The first-order valence-corrected chi connectivity index (χ1v) is 6.32. The van der Waals surface area contributed by atoms with Crippen LogP contribution in [0.1, 0.15) is 11.6 Å². The highest BCUT2D eigenvalue weighted by Crippen LogP contribution is 2.23. The van der Waals surface area contributed by atoms with Gasteiger partial charge in [-0.05, 0) is 17.2 Å². The molecule has 0 aliphatic rings. The molecule has 0 amide bonds. The van der Waals surface area contributed by atoms with E-state index in [2.05, 4.69) is 30.7 Å². The van der Waals surface area contributed by atoms with Crippen LogP contribution in [0, 0.1) is 0 Å². The molecule has 20 heavy (non-hydrogen) atoms. The first-order valence-electron chi connectivity index (χ1n) is 5.94. The lowest BCUT2D eigenvalue weighted by Gasteiger charge is -2.17. The Morgan fingerprint density at radius 1 is 1.20 bits per heavy atom. The van der Waals surface area contributed by atoms with Crippen molar-refractivity contribution < 1.29 is 5.11 Å². The molecule has 3 N–H and O–H groups in total. The average molecular weight is 291 g/mol. The molecule has 2 aromatic heterocycles. The molecule has 102 valence electrons. The van der Waals surface area contributed by atoms with Crippen LogP contribution >= 0.6 is 11.6 Å². The molecule has 0 spiro atoms. The van der Waals surface area contributed by atoms with Gasteiger partial charge in [-0.15, -0.1) is 5.10 Å². The normalized spacial score (nSPS) is 12.5. The van der Waals surface area contributed by atoms with Crippen molar-refractivity contribution in [3.05, 3.63) is 41.2 Å². The molecule has 0 fully saturated rings. The van der Waals surface area contributed by atoms with E-state index in [1.165, 1.54) is 0 Å². The van der Waals surface area contributed by atoms with E-state index < -0.39 is 0 Å². The van der Waals surface area contributed by atoms with E-state index >= 15 is 0 Å². The summed E-state index contributed by atoms with van der Waals surface area (Å²) in [5.74, 6) is 0.427. The number of aromatic nitrogens is 5. The van der Waals surface area contributed by atoms with Crippen molar-refractivity contribution in [3.8, 4) is 0 Å². The van der Waals surface area contributed by atoms with Crippen LogP contribution in [0.25, 0.3) is 11.2 Å². The summed E-state index contributed by atoms with van der Waals surface area (Å²) in [6.45, 7) is -0.0923. The second kappa shape index (κ2) is 5.40. The largest absolute Gasteiger partial charge is 0.394 e. The molecular weight excluding hydrogens is 280 g/mol. The van der Waals surface area contributed by atoms with Crippen LogP contribution in [-0.2, 0) is 0 Å². The second-order valence-electron chi connectivity index (χ2n) is 4.13. The summed E-state index contributed by atoms with van der Waals surface area (Å²) < 4.78 is 0. The van der Waals surface area contributed by atoms with Gasteiger partial charge in [-0.3, -0.25) is 0 Å². The Hall–Kier alpha value is -2.25. The van der Waals surface area contributed by atoms with Crippen molar-refractivity contribution in [3.63, 3.8) is 0 Å². The van der Waals surface area contributed by atoms with Crippen LogP contribution in [0.3, 0.4) is 0 Å². The first-order chi connectivity index (χ1) is 9.78. The number of benzene rings is 1. The van der Waals surface area contributed by atoms with Gasteiger partial charge in [0, 0.05) is 0 Å². The zero-order valence-electron chi connectivity index (χ0n) is 10.3. The van der Waals surface area contributed by atoms with E-state index in [9.17, 15) is 5.11 Å². The van der Waals surface area contributed by atoms with Gasteiger partial charge in [-0.1, -0.05) is 30.3 Å². The second-order valence-corrected chi connectivity index (χ2v) is 4.47. The van der Waals surface area contributed by atoms with Gasteiger partial charge in [0.2, 0.25) is 10.9 Å². The fourth-order valence-corrected chi connectivity index (χ4v) is 2.07. The number of rotatable bonds is 4. The highest BCUT2D eigenvalue weighted by atomic mass is 35.5. The Morgan fingerprint density at radius 2 is 2.00 bits per heavy atom. The van der Waals surface area contributed by atoms with E-state index in [0.717, 1.165) is 5.56 Å². The number of fused-ring (bicyclic) bond motifs is 1. The van der Waals surface area contributed by atoms with Crippen molar-refractivity contribution in [2.45, 2.75) is 6.04 Å². The Morgan fingerprint density at radius 3 is 2.75 bits per heavy atom. The number of nitrogens with zero attached hydrogens (tertiary/aromatic N) is 4. The summed E-state index contributed by atoms with van der Waals surface area (Å²) >= 11 is 5.85. The minimum Gasteiger partial charge on any atom is -0.394 e. The van der Waals surface area contributed by atoms with Gasteiger partial charge < -0.3 is 10.4 Å². The molecule has 3 aromatic rings. The molecule has 0 bridgehead atoms. The molecule has 7 nitrogen and oxygen atoms in total. The van der Waals surface area contributed by atoms with Gasteiger partial charge in [0.15, 0.2) is 11.3 Å². The van der Waals surface area contributed by atoms with Crippen LogP contribution in [-0.4, -0.2) is 37.1 Å². The molecule has 1 atom stereocenters. The van der Waals surface area contributed by atoms with Gasteiger partial charge in [0.1, 0.15) is 0 Å². The maximum absolute atomic E-state index is 9.55. The number of aromatic amines is 1. The quantitative estimate of drug-likeness (QED) is 0.630. The van der Waals surface area contributed by atoms with E-state index in [0.29, 0.717) is 17.0 Å². The summed E-state index contributed by atoms with van der Waals surface area (Å²) in [4.78, 5) is 8.05. The highest BCUT2D eigenvalue weighted by Gasteiger charge is 2.16. The topological polar surface area (TPSA) is 99.6 Å². The Bertz CT molecular complexity index is 716. The van der Waals surface area contributed by atoms with Crippen LogP contribution in [0.4, 0.5) is 5.82 Å². The Kier molecular flexibility index (Phi) is 3.44. The summed E-state index contributed by atoms with van der Waals surface area (Å²) in [6.07, 6.45) is 0. The average Bonchev–Trinajstić information content (AvgIpc) is 2.93. The predicted octanol–water partition coefficient (Wildman–Crippen LogP) is 1.55. The molecule has 2 heterocycles. The van der Waals surface area contributed by atoms with Crippen LogP contribution in [0.5, 0.6) is 0 Å². The minimum atomic E-state index is -0.318. The molecule has 0 radical (unpaired) electrons. The molecular formula is C12H11ClN6O. The van der Waals surface area contributed by atoms with E-state index in [4.69, 9.17) is 11.6 Å². The number of aliphatic hydroxyl groups is 1. The van der Waals surface area contributed by atoms with Crippen molar-refractivity contribution in [1.29, 1.82) is 0 Å². The minimum absolute atomic E-state index is 0.0682. The van der Waals surface area contributed by atoms with E-state index in [1.807, 2.05) is 30.3 Å². The Balaban J connectivity index is 1.97. The van der Waals surface area contributed by atoms with Crippen LogP contribution in [0.15, 0.2) is 30.3 Å². The molecule has 0 aliphatic carbocycles. The third-order valence-electron chi connectivity index (χ3n) is 2.85. The standard InChI is InChI=1S/C12H11ClN6O/c13-12-15-10(9-11(16-12)18-19-17-9)14-8(6-20)7-4-2-1-3-5-7/h1-5,8,20H,6H2,(H2,14,15,16,17,18,19). The van der Waals surface area contributed by atoms with Crippen molar-refractivity contribution in [2.75, 3.05) is 11.9 Å². The Labute approximate surface area is 119 Å². The lowest BCUT2D eigenvalue weighted by Crippen LogP contribution is -2.16. The smallest absolute Gasteiger partial charge is 0.226 e. The number of nitrogens with one attached hydrogen (secondary N) is 2. The molecule has 0 saturated heterocycles.